The molecule has 25 heavy (non-hydrogen) atoms. The third-order valence-corrected chi connectivity index (χ3v) is 4.67. The third-order valence-electron chi connectivity index (χ3n) is 3.13. The Kier molecular flexibility index (Phi) is 5.75. The van der Waals surface area contributed by atoms with Gasteiger partial charge in [0.15, 0.2) is 0 Å². The van der Waals surface area contributed by atoms with E-state index in [1.165, 1.54) is 0 Å². The predicted octanol–water partition coefficient (Wildman–Crippen LogP) is 4.19. The van der Waals surface area contributed by atoms with Crippen LogP contribution >= 0.6 is 11.6 Å². The molecule has 2 aromatic rings. The van der Waals surface area contributed by atoms with Crippen LogP contribution in [0.5, 0.6) is 0 Å². The summed E-state index contributed by atoms with van der Waals surface area (Å²) in [6, 6.07) is 13.5. The molecule has 0 heterocycles. The molecular weight excluding hydrogens is 358 g/mol. The molecule has 0 fully saturated rings. The Hall–Kier alpha value is -2.05. The molecule has 2 N–H and O–H groups in total. The van der Waals surface area contributed by atoms with Gasteiger partial charge < -0.3 is 10.6 Å². The number of rotatable bonds is 3. The molecule has 0 aliphatic carbocycles. The quantitative estimate of drug-likeness (QED) is 0.619. The van der Waals surface area contributed by atoms with Gasteiger partial charge in [0.1, 0.15) is 0 Å². The van der Waals surface area contributed by atoms with E-state index in [9.17, 15) is 8.42 Å². The van der Waals surface area contributed by atoms with E-state index >= 15 is 0 Å². The first-order valence-electron chi connectivity index (χ1n) is 7.78. The highest BCUT2D eigenvalue weighted by molar-refractivity contribution is 7.90. The average molecular weight is 380 g/mol. The van der Waals surface area contributed by atoms with Crippen molar-refractivity contribution in [1.29, 1.82) is 0 Å². The lowest BCUT2D eigenvalue weighted by atomic mass is 10.1. The maximum atomic E-state index is 12.6. The molecule has 0 saturated heterocycles. The Labute approximate surface area is 154 Å². The number of aryl methyl sites for hydroxylation is 1. The summed E-state index contributed by atoms with van der Waals surface area (Å²) in [5, 5.41) is 6.68. The molecule has 7 heteroatoms. The summed E-state index contributed by atoms with van der Waals surface area (Å²) in [5.74, 6) is 0.149. The normalized spacial score (nSPS) is 12.8. The fourth-order valence-corrected chi connectivity index (χ4v) is 3.03. The number of halogens is 1. The lowest BCUT2D eigenvalue weighted by Crippen LogP contribution is -2.44. The minimum absolute atomic E-state index is 0.143. The fraction of sp³-hybridized carbons (Fsp3) is 0.278. The second-order valence-electron chi connectivity index (χ2n) is 6.73. The van der Waals surface area contributed by atoms with Crippen molar-refractivity contribution in [2.24, 2.45) is 4.40 Å². The maximum Gasteiger partial charge on any atom is 0.285 e. The van der Waals surface area contributed by atoms with Gasteiger partial charge in [0.2, 0.25) is 5.96 Å². The van der Waals surface area contributed by atoms with Gasteiger partial charge in [-0.15, -0.1) is 4.40 Å². The van der Waals surface area contributed by atoms with Crippen LogP contribution in [0.25, 0.3) is 0 Å². The van der Waals surface area contributed by atoms with Gasteiger partial charge in [-0.25, -0.2) is 0 Å². The second-order valence-corrected chi connectivity index (χ2v) is 8.78. The van der Waals surface area contributed by atoms with E-state index in [0.717, 1.165) is 5.56 Å². The number of hydrogen-bond acceptors (Lipinski definition) is 2. The first kappa shape index (κ1) is 19.3. The van der Waals surface area contributed by atoms with E-state index in [-0.39, 0.29) is 16.4 Å². The van der Waals surface area contributed by atoms with Crippen LogP contribution in [0.4, 0.5) is 5.69 Å². The summed E-state index contributed by atoms with van der Waals surface area (Å²) in [7, 11) is -3.84. The topological polar surface area (TPSA) is 70.6 Å². The van der Waals surface area contributed by atoms with Gasteiger partial charge in [-0.1, -0.05) is 29.3 Å². The predicted molar refractivity (Wildman–Crippen MR) is 104 cm³/mol. The van der Waals surface area contributed by atoms with Crippen molar-refractivity contribution in [1.82, 2.24) is 5.32 Å². The van der Waals surface area contributed by atoms with E-state index in [0.29, 0.717) is 10.7 Å². The molecule has 0 aromatic heterocycles. The van der Waals surface area contributed by atoms with Crippen LogP contribution in [-0.2, 0) is 10.0 Å². The van der Waals surface area contributed by atoms with Crippen molar-refractivity contribution in [2.45, 2.75) is 38.1 Å². The smallest absolute Gasteiger partial charge is 0.285 e. The molecule has 0 bridgehead atoms. The molecule has 0 spiro atoms. The minimum Gasteiger partial charge on any atom is -0.351 e. The van der Waals surface area contributed by atoms with Gasteiger partial charge in [-0.3, -0.25) is 0 Å². The van der Waals surface area contributed by atoms with Crippen LogP contribution < -0.4 is 10.6 Å². The fourth-order valence-electron chi connectivity index (χ4n) is 1.99. The zero-order chi connectivity index (χ0) is 18.7. The van der Waals surface area contributed by atoms with E-state index in [1.807, 2.05) is 27.7 Å². The Morgan fingerprint density at radius 2 is 1.56 bits per heavy atom. The number of anilines is 1. The van der Waals surface area contributed by atoms with Crippen LogP contribution in [0.1, 0.15) is 26.3 Å². The van der Waals surface area contributed by atoms with Gasteiger partial charge in [0, 0.05) is 16.2 Å². The molecule has 0 radical (unpaired) electrons. The Morgan fingerprint density at radius 1 is 1.00 bits per heavy atom. The number of guanidine groups is 1. The van der Waals surface area contributed by atoms with E-state index < -0.39 is 10.0 Å². The van der Waals surface area contributed by atoms with Gasteiger partial charge in [-0.05, 0) is 64.1 Å². The lowest BCUT2D eigenvalue weighted by Gasteiger charge is -2.23. The van der Waals surface area contributed by atoms with Gasteiger partial charge in [0.25, 0.3) is 10.0 Å². The van der Waals surface area contributed by atoms with Gasteiger partial charge in [-0.2, -0.15) is 8.42 Å². The summed E-state index contributed by atoms with van der Waals surface area (Å²) < 4.78 is 29.1. The average Bonchev–Trinajstić information content (AvgIpc) is 2.48. The van der Waals surface area contributed by atoms with Crippen molar-refractivity contribution in [3.8, 4) is 0 Å². The van der Waals surface area contributed by atoms with Crippen molar-refractivity contribution < 1.29 is 8.42 Å². The second kappa shape index (κ2) is 7.45. The highest BCUT2D eigenvalue weighted by atomic mass is 35.5. The number of benzene rings is 2. The molecular formula is C18H22ClN3O2S. The minimum atomic E-state index is -3.84. The van der Waals surface area contributed by atoms with Crippen LogP contribution in [0.3, 0.4) is 0 Å². The van der Waals surface area contributed by atoms with E-state index in [2.05, 4.69) is 15.0 Å². The Balaban J connectivity index is 2.37. The lowest BCUT2D eigenvalue weighted by molar-refractivity contribution is 0.511. The molecule has 0 aliphatic heterocycles. The molecule has 0 saturated carbocycles. The van der Waals surface area contributed by atoms with Gasteiger partial charge in [0.05, 0.1) is 4.90 Å². The summed E-state index contributed by atoms with van der Waals surface area (Å²) in [5.41, 5.74) is 1.29. The molecule has 0 amide bonds. The number of nitrogens with zero attached hydrogens (tertiary/aromatic N) is 1. The maximum absolute atomic E-state index is 12.6. The molecule has 0 aliphatic rings. The summed E-state index contributed by atoms with van der Waals surface area (Å²) >= 11 is 5.88. The van der Waals surface area contributed by atoms with Gasteiger partial charge >= 0.3 is 0 Å². The molecule has 2 aromatic carbocycles. The summed E-state index contributed by atoms with van der Waals surface area (Å²) in [6.45, 7) is 7.66. The van der Waals surface area contributed by atoms with Crippen molar-refractivity contribution in [3.63, 3.8) is 0 Å². The SMILES string of the molecule is Cc1ccc(S(=O)(=O)/N=C(\Nc2ccc(Cl)cc2)NC(C)(C)C)cc1. The largest absolute Gasteiger partial charge is 0.351 e. The Bertz CT molecular complexity index is 853. The molecule has 2 rings (SSSR count). The highest BCUT2D eigenvalue weighted by Gasteiger charge is 2.18. The summed E-state index contributed by atoms with van der Waals surface area (Å²) in [6.07, 6.45) is 0. The van der Waals surface area contributed by atoms with Crippen LogP contribution in [0.15, 0.2) is 57.8 Å². The van der Waals surface area contributed by atoms with Crippen LogP contribution in [0, 0.1) is 6.92 Å². The molecule has 0 atom stereocenters. The summed E-state index contributed by atoms with van der Waals surface area (Å²) in [4.78, 5) is 0.143. The molecule has 134 valence electrons. The first-order valence-corrected chi connectivity index (χ1v) is 9.59. The van der Waals surface area contributed by atoms with Crippen molar-refractivity contribution in [3.05, 3.63) is 59.1 Å². The number of sulfonamides is 1. The van der Waals surface area contributed by atoms with E-state index in [4.69, 9.17) is 11.6 Å². The monoisotopic (exact) mass is 379 g/mol. The number of hydrogen-bond donors (Lipinski definition) is 2. The third kappa shape index (κ3) is 6.07. The number of nitrogens with one attached hydrogen (secondary N) is 2. The zero-order valence-corrected chi connectivity index (χ0v) is 16.2. The molecule has 0 unspecified atom stereocenters. The Morgan fingerprint density at radius 3 is 2.08 bits per heavy atom. The molecule has 5 nitrogen and oxygen atoms in total. The zero-order valence-electron chi connectivity index (χ0n) is 14.7. The van der Waals surface area contributed by atoms with Crippen LogP contribution in [0.2, 0.25) is 5.02 Å². The standard InChI is InChI=1S/C18H22ClN3O2S/c1-13-5-11-16(12-6-13)25(23,24)22-17(21-18(2,3)4)20-15-9-7-14(19)8-10-15/h5-12H,1-4H3,(H2,20,21,22). The van der Waals surface area contributed by atoms with Crippen LogP contribution in [-0.4, -0.2) is 19.9 Å². The van der Waals surface area contributed by atoms with Crippen molar-refractivity contribution in [2.75, 3.05) is 5.32 Å². The first-order chi connectivity index (χ1) is 11.5. The highest BCUT2D eigenvalue weighted by Crippen LogP contribution is 2.16. The van der Waals surface area contributed by atoms with Crippen molar-refractivity contribution >= 4 is 33.3 Å². The van der Waals surface area contributed by atoms with E-state index in [1.54, 1.807) is 48.5 Å².